The van der Waals surface area contributed by atoms with Gasteiger partial charge in [0.1, 0.15) is 11.5 Å². The van der Waals surface area contributed by atoms with Gasteiger partial charge in [-0.25, -0.2) is 0 Å². The molecule has 0 aromatic heterocycles. The first kappa shape index (κ1) is 16.1. The van der Waals surface area contributed by atoms with Gasteiger partial charge in [-0.1, -0.05) is 13.0 Å². The summed E-state index contributed by atoms with van der Waals surface area (Å²) in [5.74, 6) is 3.43. The molecule has 5 atom stereocenters. The summed E-state index contributed by atoms with van der Waals surface area (Å²) in [7, 11) is 1.72. The molecule has 0 spiro atoms. The zero-order valence-electron chi connectivity index (χ0n) is 14.8. The minimum Gasteiger partial charge on any atom is -0.497 e. The maximum atomic E-state index is 12.6. The van der Waals surface area contributed by atoms with Crippen molar-refractivity contribution < 1.29 is 14.6 Å². The molecule has 0 aliphatic heterocycles. The molecule has 3 nitrogen and oxygen atoms in total. The number of Topliss-reactive ketones (excluding diaryl/α,β-unsaturated/α-hetero) is 1. The molecule has 2 saturated carbocycles. The second kappa shape index (κ2) is 5.87. The summed E-state index contributed by atoms with van der Waals surface area (Å²) in [4.78, 5) is 12.6. The average molecular weight is 328 g/mol. The molecule has 0 amide bonds. The standard InChI is InChI=1S/C21H28O3/c1-21-12-14(9-10-22)20-16-6-4-15(24-2)11-13(16)3-5-17(20)18(21)7-8-19(21)23/h4,6,11,14,17-18,20,22H,3,5,7-10,12H2,1-2H3/t14-,17-,18-,20+,21-/m0/s1. The van der Waals surface area contributed by atoms with Crippen LogP contribution in [0.4, 0.5) is 0 Å². The zero-order valence-corrected chi connectivity index (χ0v) is 14.8. The zero-order chi connectivity index (χ0) is 16.9. The molecule has 0 radical (unpaired) electrons. The van der Waals surface area contributed by atoms with Crippen molar-refractivity contribution in [1.82, 2.24) is 0 Å². The molecule has 2 fully saturated rings. The number of benzene rings is 1. The molecule has 3 heteroatoms. The summed E-state index contributed by atoms with van der Waals surface area (Å²) in [5, 5.41) is 9.62. The second-order valence-corrected chi connectivity index (χ2v) is 8.26. The van der Waals surface area contributed by atoms with Crippen LogP contribution in [0.3, 0.4) is 0 Å². The van der Waals surface area contributed by atoms with Crippen molar-refractivity contribution in [3.63, 3.8) is 0 Å². The molecule has 0 unspecified atom stereocenters. The Bertz CT molecular complexity index is 652. The number of hydrogen-bond donors (Lipinski definition) is 1. The van der Waals surface area contributed by atoms with Gasteiger partial charge in [0.05, 0.1) is 7.11 Å². The molecule has 3 aliphatic rings. The Morgan fingerprint density at radius 3 is 2.88 bits per heavy atom. The molecular weight excluding hydrogens is 300 g/mol. The van der Waals surface area contributed by atoms with Crippen LogP contribution in [0.1, 0.15) is 56.1 Å². The van der Waals surface area contributed by atoms with Crippen molar-refractivity contribution in [1.29, 1.82) is 0 Å². The molecule has 0 bridgehead atoms. The van der Waals surface area contributed by atoms with Gasteiger partial charge in [-0.05, 0) is 79.0 Å². The van der Waals surface area contributed by atoms with Crippen LogP contribution >= 0.6 is 0 Å². The van der Waals surface area contributed by atoms with Crippen LogP contribution < -0.4 is 4.74 Å². The second-order valence-electron chi connectivity index (χ2n) is 8.26. The number of ketones is 1. The lowest BCUT2D eigenvalue weighted by atomic mass is 9.51. The molecule has 4 rings (SSSR count). The number of aliphatic hydroxyl groups excluding tert-OH is 1. The summed E-state index contributed by atoms with van der Waals surface area (Å²) >= 11 is 0. The number of aliphatic hydroxyl groups is 1. The van der Waals surface area contributed by atoms with E-state index in [0.29, 0.717) is 29.5 Å². The topological polar surface area (TPSA) is 46.5 Å². The van der Waals surface area contributed by atoms with Crippen LogP contribution in [0, 0.1) is 23.2 Å². The van der Waals surface area contributed by atoms with Gasteiger partial charge in [0.2, 0.25) is 0 Å². The number of ether oxygens (including phenoxy) is 1. The summed E-state index contributed by atoms with van der Waals surface area (Å²) in [5.41, 5.74) is 2.71. The molecule has 1 aromatic rings. The lowest BCUT2D eigenvalue weighted by molar-refractivity contribution is -0.131. The number of aryl methyl sites for hydroxylation is 1. The van der Waals surface area contributed by atoms with Crippen molar-refractivity contribution in [3.8, 4) is 5.75 Å². The Labute approximate surface area is 144 Å². The van der Waals surface area contributed by atoms with E-state index in [9.17, 15) is 9.90 Å². The Balaban J connectivity index is 1.76. The molecule has 0 heterocycles. The van der Waals surface area contributed by atoms with E-state index in [2.05, 4.69) is 25.1 Å². The van der Waals surface area contributed by atoms with E-state index in [0.717, 1.165) is 37.9 Å². The van der Waals surface area contributed by atoms with Gasteiger partial charge in [0.15, 0.2) is 0 Å². The van der Waals surface area contributed by atoms with Crippen LogP contribution in [-0.4, -0.2) is 24.6 Å². The third-order valence-electron chi connectivity index (χ3n) is 7.27. The average Bonchev–Trinajstić information content (AvgIpc) is 2.89. The third-order valence-corrected chi connectivity index (χ3v) is 7.27. The molecule has 24 heavy (non-hydrogen) atoms. The Morgan fingerprint density at radius 2 is 2.12 bits per heavy atom. The highest BCUT2D eigenvalue weighted by Gasteiger charge is 2.57. The van der Waals surface area contributed by atoms with Gasteiger partial charge in [-0.15, -0.1) is 0 Å². The predicted molar refractivity (Wildman–Crippen MR) is 93.2 cm³/mol. The summed E-state index contributed by atoms with van der Waals surface area (Å²) in [6, 6.07) is 6.51. The fourth-order valence-corrected chi connectivity index (χ4v) is 6.21. The quantitative estimate of drug-likeness (QED) is 0.919. The Hall–Kier alpha value is -1.35. The predicted octanol–water partition coefficient (Wildman–Crippen LogP) is 3.73. The number of carbonyl (C=O) groups is 1. The molecule has 1 aromatic carbocycles. The van der Waals surface area contributed by atoms with Crippen LogP contribution in [0.2, 0.25) is 0 Å². The largest absolute Gasteiger partial charge is 0.497 e. The van der Waals surface area contributed by atoms with Gasteiger partial charge in [-0.3, -0.25) is 4.79 Å². The van der Waals surface area contributed by atoms with Gasteiger partial charge in [0.25, 0.3) is 0 Å². The van der Waals surface area contributed by atoms with Crippen LogP contribution in [0.5, 0.6) is 5.75 Å². The number of methoxy groups -OCH3 is 1. The van der Waals surface area contributed by atoms with E-state index < -0.39 is 0 Å². The summed E-state index contributed by atoms with van der Waals surface area (Å²) < 4.78 is 5.41. The Kier molecular flexibility index (Phi) is 3.95. The van der Waals surface area contributed by atoms with E-state index in [1.54, 1.807) is 7.11 Å². The van der Waals surface area contributed by atoms with Crippen LogP contribution in [-0.2, 0) is 11.2 Å². The highest BCUT2D eigenvalue weighted by Crippen LogP contribution is 2.62. The van der Waals surface area contributed by atoms with Crippen LogP contribution in [0.15, 0.2) is 18.2 Å². The summed E-state index contributed by atoms with van der Waals surface area (Å²) in [6.07, 6.45) is 5.83. The highest BCUT2D eigenvalue weighted by molar-refractivity contribution is 5.87. The fraction of sp³-hybridized carbons (Fsp3) is 0.667. The van der Waals surface area contributed by atoms with E-state index in [1.807, 2.05) is 0 Å². The summed E-state index contributed by atoms with van der Waals surface area (Å²) in [6.45, 7) is 2.42. The van der Waals surface area contributed by atoms with Crippen molar-refractivity contribution >= 4 is 5.78 Å². The van der Waals surface area contributed by atoms with Gasteiger partial charge in [0, 0.05) is 18.4 Å². The maximum absolute atomic E-state index is 12.6. The fourth-order valence-electron chi connectivity index (χ4n) is 6.21. The SMILES string of the molecule is COc1ccc2c(c1)CC[C@@H]1[C@@H]2[C@@H](CCO)C[C@]2(C)C(=O)CC[C@@H]12. The normalized spacial score (nSPS) is 37.5. The first-order chi connectivity index (χ1) is 11.6. The van der Waals surface area contributed by atoms with Crippen molar-refractivity contribution in [2.24, 2.45) is 23.2 Å². The van der Waals surface area contributed by atoms with Gasteiger partial charge in [-0.2, -0.15) is 0 Å². The van der Waals surface area contributed by atoms with Gasteiger partial charge >= 0.3 is 0 Å². The molecular formula is C21H28O3. The van der Waals surface area contributed by atoms with E-state index in [1.165, 1.54) is 17.5 Å². The van der Waals surface area contributed by atoms with Crippen molar-refractivity contribution in [3.05, 3.63) is 29.3 Å². The first-order valence-electron chi connectivity index (χ1n) is 9.39. The van der Waals surface area contributed by atoms with E-state index in [4.69, 9.17) is 4.74 Å². The van der Waals surface area contributed by atoms with Crippen molar-refractivity contribution in [2.75, 3.05) is 13.7 Å². The highest BCUT2D eigenvalue weighted by atomic mass is 16.5. The Morgan fingerprint density at radius 1 is 1.29 bits per heavy atom. The molecule has 1 N–H and O–H groups in total. The first-order valence-corrected chi connectivity index (χ1v) is 9.39. The number of rotatable bonds is 3. The number of carbonyl (C=O) groups excluding carboxylic acids is 1. The van der Waals surface area contributed by atoms with Crippen LogP contribution in [0.25, 0.3) is 0 Å². The number of hydrogen-bond acceptors (Lipinski definition) is 3. The molecule has 3 aliphatic carbocycles. The number of fused-ring (bicyclic) bond motifs is 5. The smallest absolute Gasteiger partial charge is 0.139 e. The maximum Gasteiger partial charge on any atom is 0.139 e. The minimum atomic E-state index is -0.148. The van der Waals surface area contributed by atoms with Gasteiger partial charge < -0.3 is 9.84 Å². The third kappa shape index (κ3) is 2.24. The van der Waals surface area contributed by atoms with Crippen molar-refractivity contribution in [2.45, 2.75) is 51.4 Å². The lowest BCUT2D eigenvalue weighted by Crippen LogP contribution is -2.47. The molecule has 130 valence electrons. The minimum absolute atomic E-state index is 0.148. The lowest BCUT2D eigenvalue weighted by Gasteiger charge is -2.52. The van der Waals surface area contributed by atoms with E-state index >= 15 is 0 Å². The van der Waals surface area contributed by atoms with E-state index in [-0.39, 0.29) is 12.0 Å². The molecule has 0 saturated heterocycles. The monoisotopic (exact) mass is 328 g/mol.